The van der Waals surface area contributed by atoms with E-state index in [1.807, 2.05) is 27.0 Å². The van der Waals surface area contributed by atoms with Crippen LogP contribution in [0.25, 0.3) is 0 Å². The third kappa shape index (κ3) is 8.76. The first-order valence-corrected chi connectivity index (χ1v) is 16.8. The quantitative estimate of drug-likeness (QED) is 0.191. The van der Waals surface area contributed by atoms with Gasteiger partial charge in [-0.25, -0.2) is 4.79 Å². The average molecular weight is 641 g/mol. The minimum absolute atomic E-state index is 0.0352. The lowest BCUT2D eigenvalue weighted by atomic mass is 9.90. The van der Waals surface area contributed by atoms with Gasteiger partial charge in [0.2, 0.25) is 11.8 Å². The van der Waals surface area contributed by atoms with Gasteiger partial charge in [0.05, 0.1) is 30.0 Å². The first kappa shape index (κ1) is 36.8. The number of amides is 2. The highest BCUT2D eigenvalue weighted by atomic mass is 16.5. The van der Waals surface area contributed by atoms with Crippen molar-refractivity contribution in [2.24, 2.45) is 23.7 Å². The van der Waals surface area contributed by atoms with Gasteiger partial charge in [-0.2, -0.15) is 0 Å². The first-order chi connectivity index (χ1) is 21.8. The zero-order valence-electron chi connectivity index (χ0n) is 28.8. The number of hydrogen-bond donors (Lipinski definition) is 3. The van der Waals surface area contributed by atoms with E-state index < -0.39 is 12.0 Å². The fourth-order valence-electron chi connectivity index (χ4n) is 6.65. The number of carboxylic acids is 1. The standard InChI is InChI=1S/C36H56N4O6/c1-10-14-26(12-3)17-28(36(43)44)38-29-21-46-34(25(29)8)30-15-13-16-40(30)27-18-31(45-20-27)33(23(6)11-2)39(9)32(41)19-37-35(42)24(7)22(4)5/h10,12,14,20-25,28,30-31,33-34,38H,1,3,11,13,15-19H2,2,4-9H3,(H,37,42)(H,43,44)/b26-14+/t23?,24?,25-,28-,30-,31?,33?,34+/m0/s1. The van der Waals surface area contributed by atoms with Crippen LogP contribution in [0.2, 0.25) is 0 Å². The third-order valence-corrected chi connectivity index (χ3v) is 10.1. The molecule has 0 spiro atoms. The van der Waals surface area contributed by atoms with E-state index in [1.165, 1.54) is 0 Å². The summed E-state index contributed by atoms with van der Waals surface area (Å²) in [5, 5.41) is 15.9. The van der Waals surface area contributed by atoms with Crippen molar-refractivity contribution >= 4 is 17.8 Å². The lowest BCUT2D eigenvalue weighted by molar-refractivity contribution is -0.139. The molecule has 4 unspecified atom stereocenters. The molecule has 1 fully saturated rings. The minimum atomic E-state index is -0.943. The van der Waals surface area contributed by atoms with Gasteiger partial charge in [-0.05, 0) is 30.3 Å². The summed E-state index contributed by atoms with van der Waals surface area (Å²) >= 11 is 0. The van der Waals surface area contributed by atoms with E-state index in [1.54, 1.807) is 36.4 Å². The van der Waals surface area contributed by atoms with Gasteiger partial charge in [-0.15, -0.1) is 0 Å². The number of hydrogen-bond acceptors (Lipinski definition) is 7. The molecule has 3 N–H and O–H groups in total. The summed E-state index contributed by atoms with van der Waals surface area (Å²) in [4.78, 5) is 42.0. The van der Waals surface area contributed by atoms with E-state index in [-0.39, 0.29) is 72.7 Å². The van der Waals surface area contributed by atoms with Crippen LogP contribution in [0.15, 0.2) is 60.9 Å². The molecule has 0 aromatic rings. The predicted molar refractivity (Wildman–Crippen MR) is 180 cm³/mol. The Morgan fingerprint density at radius 3 is 2.50 bits per heavy atom. The Kier molecular flexibility index (Phi) is 13.4. The molecule has 1 saturated heterocycles. The molecule has 8 atom stereocenters. The molecular formula is C36H56N4O6. The molecule has 3 heterocycles. The van der Waals surface area contributed by atoms with E-state index >= 15 is 0 Å². The third-order valence-electron chi connectivity index (χ3n) is 10.1. The Morgan fingerprint density at radius 1 is 1.17 bits per heavy atom. The Labute approximate surface area is 275 Å². The number of likely N-dealkylation sites (N-methyl/N-ethyl adjacent to an activating group) is 1. The van der Waals surface area contributed by atoms with Crippen molar-refractivity contribution in [3.63, 3.8) is 0 Å². The second-order valence-electron chi connectivity index (χ2n) is 13.4. The summed E-state index contributed by atoms with van der Waals surface area (Å²) in [6, 6.07) is -0.878. The molecule has 0 radical (unpaired) electrons. The van der Waals surface area contributed by atoms with Crippen molar-refractivity contribution in [1.29, 1.82) is 0 Å². The molecule has 2 amide bonds. The number of carbonyl (C=O) groups excluding carboxylic acids is 2. The normalized spacial score (nSPS) is 25.4. The van der Waals surface area contributed by atoms with Crippen molar-refractivity contribution in [2.75, 3.05) is 20.1 Å². The molecule has 0 aliphatic carbocycles. The van der Waals surface area contributed by atoms with Crippen LogP contribution in [0.1, 0.15) is 73.6 Å². The highest BCUT2D eigenvalue weighted by molar-refractivity contribution is 5.85. The maximum absolute atomic E-state index is 13.3. The first-order valence-electron chi connectivity index (χ1n) is 16.8. The highest BCUT2D eigenvalue weighted by Crippen LogP contribution is 2.39. The van der Waals surface area contributed by atoms with Crippen LogP contribution in [-0.2, 0) is 23.9 Å². The largest absolute Gasteiger partial charge is 0.494 e. The van der Waals surface area contributed by atoms with Crippen LogP contribution in [0.4, 0.5) is 0 Å². The zero-order valence-corrected chi connectivity index (χ0v) is 28.8. The van der Waals surface area contributed by atoms with E-state index in [2.05, 4.69) is 49.5 Å². The van der Waals surface area contributed by atoms with Gasteiger partial charge in [-0.3, -0.25) is 9.59 Å². The van der Waals surface area contributed by atoms with Crippen LogP contribution in [-0.4, -0.2) is 83.2 Å². The molecule has 256 valence electrons. The highest BCUT2D eigenvalue weighted by Gasteiger charge is 2.44. The van der Waals surface area contributed by atoms with Crippen LogP contribution >= 0.6 is 0 Å². The number of nitrogens with one attached hydrogen (secondary N) is 2. The molecular weight excluding hydrogens is 584 g/mol. The molecule has 10 heteroatoms. The Hall–Kier alpha value is -3.69. The smallest absolute Gasteiger partial charge is 0.326 e. The molecule has 3 aliphatic heterocycles. The lowest BCUT2D eigenvalue weighted by Gasteiger charge is -2.37. The van der Waals surface area contributed by atoms with Crippen molar-refractivity contribution in [3.05, 3.63) is 60.9 Å². The maximum Gasteiger partial charge on any atom is 0.326 e. The topological polar surface area (TPSA) is 120 Å². The number of likely N-dealkylation sites (tertiary alicyclic amines) is 1. The number of rotatable bonds is 17. The van der Waals surface area contributed by atoms with E-state index in [4.69, 9.17) is 9.47 Å². The van der Waals surface area contributed by atoms with Crippen molar-refractivity contribution in [2.45, 2.75) is 104 Å². The summed E-state index contributed by atoms with van der Waals surface area (Å²) in [6.45, 7) is 20.5. The lowest BCUT2D eigenvalue weighted by Crippen LogP contribution is -2.51. The van der Waals surface area contributed by atoms with Crippen LogP contribution in [0.5, 0.6) is 0 Å². The minimum Gasteiger partial charge on any atom is -0.494 e. The summed E-state index contributed by atoms with van der Waals surface area (Å²) < 4.78 is 12.5. The second-order valence-corrected chi connectivity index (χ2v) is 13.4. The van der Waals surface area contributed by atoms with E-state index in [0.717, 1.165) is 42.8 Å². The molecule has 0 bridgehead atoms. The molecule has 46 heavy (non-hydrogen) atoms. The monoisotopic (exact) mass is 640 g/mol. The molecule has 0 aromatic carbocycles. The number of ether oxygens (including phenoxy) is 2. The predicted octanol–water partition coefficient (Wildman–Crippen LogP) is 4.97. The average Bonchev–Trinajstić information content (AvgIpc) is 3.78. The van der Waals surface area contributed by atoms with Gasteiger partial charge in [0.15, 0.2) is 0 Å². The van der Waals surface area contributed by atoms with Crippen LogP contribution < -0.4 is 10.6 Å². The van der Waals surface area contributed by atoms with Gasteiger partial charge >= 0.3 is 5.97 Å². The van der Waals surface area contributed by atoms with E-state index in [9.17, 15) is 19.5 Å². The fraction of sp³-hybridized carbons (Fsp3) is 0.639. The Bertz CT molecular complexity index is 1210. The van der Waals surface area contributed by atoms with E-state index in [0.29, 0.717) is 6.42 Å². The van der Waals surface area contributed by atoms with Crippen LogP contribution in [0, 0.1) is 23.7 Å². The zero-order chi connectivity index (χ0) is 34.1. The van der Waals surface area contributed by atoms with Crippen molar-refractivity contribution in [3.8, 4) is 0 Å². The van der Waals surface area contributed by atoms with Gasteiger partial charge in [-0.1, -0.05) is 79.3 Å². The summed E-state index contributed by atoms with van der Waals surface area (Å²) in [5.41, 5.74) is 2.65. The number of nitrogens with zero attached hydrogens (tertiary/aromatic N) is 2. The van der Waals surface area contributed by atoms with Crippen LogP contribution in [0.3, 0.4) is 0 Å². The van der Waals surface area contributed by atoms with Gasteiger partial charge < -0.3 is 35.0 Å². The van der Waals surface area contributed by atoms with Gasteiger partial charge in [0.1, 0.15) is 30.8 Å². The van der Waals surface area contributed by atoms with Gasteiger partial charge in [0.25, 0.3) is 0 Å². The number of aliphatic carboxylic acids is 1. The number of carboxylic acid groups (broad SMARTS) is 1. The SMILES string of the molecule is C=C/C=C(\C=C)C[C@H](NC1=CO[C@@H]([C@@H]2CCCN2C2=COC(C(C(C)CC)N(C)C(=O)CNC(=O)C(C)C(C)C)C2)[C@H]1C)C(=O)O. The fourth-order valence-corrected chi connectivity index (χ4v) is 6.65. The molecule has 0 aromatic heterocycles. The summed E-state index contributed by atoms with van der Waals surface area (Å²) in [6.07, 6.45) is 12.0. The van der Waals surface area contributed by atoms with Crippen molar-refractivity contribution in [1.82, 2.24) is 20.4 Å². The number of allylic oxidation sites excluding steroid dienone is 3. The Balaban J connectivity index is 1.65. The van der Waals surface area contributed by atoms with Gasteiger partial charge in [0, 0.05) is 38.3 Å². The molecule has 0 saturated carbocycles. The molecule has 3 rings (SSSR count). The Morgan fingerprint density at radius 2 is 1.89 bits per heavy atom. The number of carbonyl (C=O) groups is 3. The summed E-state index contributed by atoms with van der Waals surface area (Å²) in [7, 11) is 1.81. The summed E-state index contributed by atoms with van der Waals surface area (Å²) in [5.74, 6) is -1.01. The van der Waals surface area contributed by atoms with Crippen molar-refractivity contribution < 1.29 is 29.0 Å². The molecule has 3 aliphatic rings. The second kappa shape index (κ2) is 16.7. The molecule has 10 nitrogen and oxygen atoms in total. The maximum atomic E-state index is 13.3.